The number of nitrogens with zero attached hydrogens (tertiary/aromatic N) is 3. The molecule has 0 spiro atoms. The number of pyridine rings is 1. The molecule has 0 bridgehead atoms. The number of hydrogen-bond acceptors (Lipinski definition) is 4. The van der Waals surface area contributed by atoms with Gasteiger partial charge in [0.15, 0.2) is 0 Å². The van der Waals surface area contributed by atoms with E-state index in [2.05, 4.69) is 4.98 Å². The zero-order valence-electron chi connectivity index (χ0n) is 16.5. The minimum absolute atomic E-state index is 0.155. The van der Waals surface area contributed by atoms with Crippen LogP contribution < -0.4 is 5.56 Å². The van der Waals surface area contributed by atoms with Crippen LogP contribution in [0.15, 0.2) is 71.5 Å². The van der Waals surface area contributed by atoms with E-state index >= 15 is 0 Å². The molecule has 0 radical (unpaired) electrons. The van der Waals surface area contributed by atoms with E-state index in [4.69, 9.17) is 0 Å². The lowest BCUT2D eigenvalue weighted by molar-refractivity contribution is 0.0640. The van der Waals surface area contributed by atoms with E-state index in [9.17, 15) is 18.8 Å². The van der Waals surface area contributed by atoms with Gasteiger partial charge in [-0.1, -0.05) is 30.3 Å². The maximum atomic E-state index is 14.0. The van der Waals surface area contributed by atoms with Crippen LogP contribution in [0.4, 0.5) is 4.39 Å². The van der Waals surface area contributed by atoms with Gasteiger partial charge in [0.25, 0.3) is 17.4 Å². The Morgan fingerprint density at radius 3 is 2.23 bits per heavy atom. The Labute approximate surface area is 176 Å². The van der Waals surface area contributed by atoms with Gasteiger partial charge in [-0.05, 0) is 48.9 Å². The van der Waals surface area contributed by atoms with Crippen LogP contribution in [0.1, 0.15) is 32.1 Å². The average Bonchev–Trinajstić information content (AvgIpc) is 2.99. The van der Waals surface area contributed by atoms with E-state index in [1.807, 2.05) is 0 Å². The summed E-state index contributed by atoms with van der Waals surface area (Å²) in [7, 11) is 0. The number of amides is 2. The van der Waals surface area contributed by atoms with Gasteiger partial charge in [-0.2, -0.15) is 0 Å². The van der Waals surface area contributed by atoms with Gasteiger partial charge in [-0.15, -0.1) is 0 Å². The smallest absolute Gasteiger partial charge is 0.266 e. The molecule has 0 fully saturated rings. The first-order chi connectivity index (χ1) is 15.0. The zero-order chi connectivity index (χ0) is 21.7. The Balaban J connectivity index is 1.72. The number of rotatable bonds is 3. The van der Waals surface area contributed by atoms with Crippen LogP contribution in [-0.4, -0.2) is 26.1 Å². The monoisotopic (exact) mass is 413 g/mol. The Hall–Kier alpha value is -4.13. The Bertz CT molecular complexity index is 1420. The SMILES string of the molecule is Cc1cccc2nc(CN3C(=O)c4ccccc4C3=O)c(-c3cccc(F)c3)c(=O)n12. The lowest BCUT2D eigenvalue weighted by atomic mass is 10.0. The molecule has 31 heavy (non-hydrogen) atoms. The molecule has 6 nitrogen and oxygen atoms in total. The number of carbonyl (C=O) groups is 2. The van der Waals surface area contributed by atoms with E-state index in [0.29, 0.717) is 28.0 Å². The van der Waals surface area contributed by atoms with Gasteiger partial charge in [0.05, 0.1) is 28.9 Å². The number of hydrogen-bond donors (Lipinski definition) is 0. The summed E-state index contributed by atoms with van der Waals surface area (Å²) in [6, 6.07) is 17.4. The van der Waals surface area contributed by atoms with E-state index in [0.717, 1.165) is 4.90 Å². The van der Waals surface area contributed by atoms with Crippen molar-refractivity contribution in [2.45, 2.75) is 13.5 Å². The number of halogens is 1. The molecule has 0 saturated carbocycles. The van der Waals surface area contributed by atoms with Crippen molar-refractivity contribution in [3.63, 3.8) is 0 Å². The minimum Gasteiger partial charge on any atom is -0.269 e. The molecule has 2 aromatic heterocycles. The fraction of sp³-hybridized carbons (Fsp3) is 0.0833. The van der Waals surface area contributed by atoms with Gasteiger partial charge < -0.3 is 0 Å². The van der Waals surface area contributed by atoms with Crippen LogP contribution in [0.3, 0.4) is 0 Å². The first kappa shape index (κ1) is 18.9. The normalized spacial score (nSPS) is 13.2. The van der Waals surface area contributed by atoms with Crippen molar-refractivity contribution >= 4 is 17.5 Å². The topological polar surface area (TPSA) is 71.8 Å². The molecular weight excluding hydrogens is 397 g/mol. The van der Waals surface area contributed by atoms with Crippen molar-refractivity contribution < 1.29 is 14.0 Å². The van der Waals surface area contributed by atoms with Crippen molar-refractivity contribution in [2.24, 2.45) is 0 Å². The van der Waals surface area contributed by atoms with Crippen molar-refractivity contribution in [1.82, 2.24) is 14.3 Å². The summed E-state index contributed by atoms with van der Waals surface area (Å²) in [4.78, 5) is 44.8. The van der Waals surface area contributed by atoms with Crippen LogP contribution in [0.5, 0.6) is 0 Å². The second-order valence-corrected chi connectivity index (χ2v) is 7.35. The van der Waals surface area contributed by atoms with Crippen LogP contribution in [0.25, 0.3) is 16.8 Å². The van der Waals surface area contributed by atoms with Crippen LogP contribution in [-0.2, 0) is 6.54 Å². The molecule has 3 heterocycles. The highest BCUT2D eigenvalue weighted by molar-refractivity contribution is 6.21. The molecule has 152 valence electrons. The Morgan fingerprint density at radius 2 is 1.55 bits per heavy atom. The second-order valence-electron chi connectivity index (χ2n) is 7.35. The van der Waals surface area contributed by atoms with Gasteiger partial charge in [-0.25, -0.2) is 9.37 Å². The highest BCUT2D eigenvalue weighted by atomic mass is 19.1. The van der Waals surface area contributed by atoms with Crippen LogP contribution >= 0.6 is 0 Å². The third-order valence-corrected chi connectivity index (χ3v) is 5.42. The molecule has 2 aromatic carbocycles. The largest absolute Gasteiger partial charge is 0.269 e. The fourth-order valence-corrected chi connectivity index (χ4v) is 3.97. The molecular formula is C24H16FN3O3. The van der Waals surface area contributed by atoms with Crippen molar-refractivity contribution in [2.75, 3.05) is 0 Å². The standard InChI is InChI=1S/C24H16FN3O3/c1-14-6-4-11-20-26-19(13-27-22(29)17-9-2-3-10-18(17)23(27)30)21(24(31)28(14)20)15-7-5-8-16(25)12-15/h2-12H,13H2,1H3. The Kier molecular flexibility index (Phi) is 4.25. The number of benzene rings is 2. The maximum Gasteiger partial charge on any atom is 0.266 e. The van der Waals surface area contributed by atoms with Crippen molar-refractivity contribution in [1.29, 1.82) is 0 Å². The Morgan fingerprint density at radius 1 is 0.871 bits per heavy atom. The van der Waals surface area contributed by atoms with E-state index in [-0.39, 0.29) is 23.4 Å². The van der Waals surface area contributed by atoms with Crippen molar-refractivity contribution in [3.05, 3.63) is 105 Å². The third kappa shape index (κ3) is 2.93. The first-order valence-corrected chi connectivity index (χ1v) is 9.68. The van der Waals surface area contributed by atoms with Gasteiger partial charge in [0, 0.05) is 5.69 Å². The van der Waals surface area contributed by atoms with E-state index < -0.39 is 17.6 Å². The summed E-state index contributed by atoms with van der Waals surface area (Å²) in [5, 5.41) is 0. The summed E-state index contributed by atoms with van der Waals surface area (Å²) in [5.74, 6) is -1.40. The predicted octanol–water partition coefficient (Wildman–Crippen LogP) is 3.61. The summed E-state index contributed by atoms with van der Waals surface area (Å²) in [6.07, 6.45) is 0. The minimum atomic E-state index is -0.501. The summed E-state index contributed by atoms with van der Waals surface area (Å²) in [5.41, 5.74) is 2.01. The highest BCUT2D eigenvalue weighted by Gasteiger charge is 2.36. The molecule has 2 amide bonds. The van der Waals surface area contributed by atoms with E-state index in [1.165, 1.54) is 22.6 Å². The molecule has 0 aliphatic carbocycles. The van der Waals surface area contributed by atoms with E-state index in [1.54, 1.807) is 55.5 Å². The molecule has 0 atom stereocenters. The lowest BCUT2D eigenvalue weighted by Crippen LogP contribution is -2.31. The lowest BCUT2D eigenvalue weighted by Gasteiger charge is -2.17. The van der Waals surface area contributed by atoms with Crippen LogP contribution in [0, 0.1) is 12.7 Å². The van der Waals surface area contributed by atoms with Gasteiger partial charge in [-0.3, -0.25) is 23.7 Å². The highest BCUT2D eigenvalue weighted by Crippen LogP contribution is 2.27. The van der Waals surface area contributed by atoms with Crippen LogP contribution in [0.2, 0.25) is 0 Å². The first-order valence-electron chi connectivity index (χ1n) is 9.68. The third-order valence-electron chi connectivity index (χ3n) is 5.42. The molecule has 4 aromatic rings. The number of imide groups is 1. The molecule has 0 unspecified atom stereocenters. The summed E-state index contributed by atoms with van der Waals surface area (Å²) < 4.78 is 15.4. The molecule has 1 aliphatic heterocycles. The molecule has 0 saturated heterocycles. The number of aryl methyl sites for hydroxylation is 1. The second kappa shape index (κ2) is 6.98. The summed E-state index contributed by atoms with van der Waals surface area (Å²) in [6.45, 7) is 1.58. The van der Waals surface area contributed by atoms with Crippen molar-refractivity contribution in [3.8, 4) is 11.1 Å². The average molecular weight is 413 g/mol. The number of carbonyl (C=O) groups excluding carboxylic acids is 2. The molecule has 7 heteroatoms. The van der Waals surface area contributed by atoms with Gasteiger partial charge in [0.1, 0.15) is 11.5 Å². The quantitative estimate of drug-likeness (QED) is 0.481. The maximum absolute atomic E-state index is 14.0. The predicted molar refractivity (Wildman–Crippen MR) is 112 cm³/mol. The van der Waals surface area contributed by atoms with Gasteiger partial charge in [0.2, 0.25) is 0 Å². The molecule has 0 N–H and O–H groups in total. The fourth-order valence-electron chi connectivity index (χ4n) is 3.97. The zero-order valence-corrected chi connectivity index (χ0v) is 16.5. The van der Waals surface area contributed by atoms with Gasteiger partial charge >= 0.3 is 0 Å². The number of fused-ring (bicyclic) bond motifs is 2. The molecule has 5 rings (SSSR count). The summed E-state index contributed by atoms with van der Waals surface area (Å²) >= 11 is 0. The number of aromatic nitrogens is 2. The molecule has 1 aliphatic rings.